The maximum atomic E-state index is 12.7. The van der Waals surface area contributed by atoms with E-state index in [9.17, 15) is 13.2 Å². The van der Waals surface area contributed by atoms with E-state index in [-0.39, 0.29) is 12.0 Å². The predicted molar refractivity (Wildman–Crippen MR) is 76.4 cm³/mol. The van der Waals surface area contributed by atoms with Crippen LogP contribution < -0.4 is 0 Å². The van der Waals surface area contributed by atoms with Gasteiger partial charge >= 0.3 is 6.18 Å². The third kappa shape index (κ3) is 4.60. The summed E-state index contributed by atoms with van der Waals surface area (Å²) < 4.78 is 38.2. The van der Waals surface area contributed by atoms with Gasteiger partial charge in [0.25, 0.3) is 0 Å². The van der Waals surface area contributed by atoms with Crippen molar-refractivity contribution in [1.29, 1.82) is 0 Å². The number of allylic oxidation sites excluding steroid dienone is 3. The molecule has 1 aromatic carbocycles. The lowest BCUT2D eigenvalue weighted by molar-refractivity contribution is -0.138. The molecule has 0 bridgehead atoms. The quantitative estimate of drug-likeness (QED) is 0.742. The van der Waals surface area contributed by atoms with Gasteiger partial charge in [0, 0.05) is 18.5 Å². The molecule has 0 atom stereocenters. The summed E-state index contributed by atoms with van der Waals surface area (Å²) in [4.78, 5) is 3.70. The minimum atomic E-state index is -4.40. The van der Waals surface area contributed by atoms with Crippen LogP contribution in [0.5, 0.6) is 0 Å². The Morgan fingerprint density at radius 1 is 1.10 bits per heavy atom. The molecular formula is C17H13F3N. The van der Waals surface area contributed by atoms with Gasteiger partial charge in [0.1, 0.15) is 0 Å². The van der Waals surface area contributed by atoms with E-state index in [1.165, 1.54) is 6.20 Å². The maximum Gasteiger partial charge on any atom is 0.417 e. The van der Waals surface area contributed by atoms with Gasteiger partial charge in [-0.3, -0.25) is 4.98 Å². The van der Waals surface area contributed by atoms with Crippen LogP contribution in [0, 0.1) is 6.07 Å². The lowest BCUT2D eigenvalue weighted by Crippen LogP contribution is -2.09. The summed E-state index contributed by atoms with van der Waals surface area (Å²) in [5.74, 6) is 0. The first-order chi connectivity index (χ1) is 10.1. The molecule has 0 unspecified atom stereocenters. The standard InChI is InChI=1S/C17H13F3N/c18-17(19,20)16-11-12-21-13-15(16)10-6-2-5-9-14-7-3-1-4-8-14/h1-9,12-13H,10H2. The van der Waals surface area contributed by atoms with Gasteiger partial charge in [0.2, 0.25) is 0 Å². The van der Waals surface area contributed by atoms with E-state index in [0.29, 0.717) is 0 Å². The second kappa shape index (κ2) is 6.88. The normalized spacial score (nSPS) is 12.3. The van der Waals surface area contributed by atoms with Crippen LogP contribution in [-0.2, 0) is 12.6 Å². The number of hydrogen-bond acceptors (Lipinski definition) is 1. The number of aromatic nitrogens is 1. The third-order valence-corrected chi connectivity index (χ3v) is 2.79. The van der Waals surface area contributed by atoms with E-state index in [2.05, 4.69) is 11.1 Å². The first-order valence-electron chi connectivity index (χ1n) is 6.37. The molecule has 0 spiro atoms. The van der Waals surface area contributed by atoms with E-state index >= 15 is 0 Å². The van der Waals surface area contributed by atoms with Crippen LogP contribution in [-0.4, -0.2) is 4.98 Å². The average molecular weight is 288 g/mol. The molecule has 0 N–H and O–H groups in total. The minimum Gasteiger partial charge on any atom is -0.264 e. The van der Waals surface area contributed by atoms with Crippen molar-refractivity contribution < 1.29 is 13.2 Å². The van der Waals surface area contributed by atoms with Crippen LogP contribution in [0.3, 0.4) is 0 Å². The lowest BCUT2D eigenvalue weighted by atomic mass is 10.1. The Bertz CT molecular complexity index is 628. The molecule has 0 saturated heterocycles. The highest BCUT2D eigenvalue weighted by atomic mass is 19.4. The van der Waals surface area contributed by atoms with Crippen LogP contribution in [0.1, 0.15) is 16.7 Å². The lowest BCUT2D eigenvalue weighted by Gasteiger charge is -2.09. The van der Waals surface area contributed by atoms with Crippen molar-refractivity contribution in [3.05, 3.63) is 83.7 Å². The molecular weight excluding hydrogens is 275 g/mol. The van der Waals surface area contributed by atoms with Gasteiger partial charge in [-0.2, -0.15) is 13.2 Å². The number of nitrogens with zero attached hydrogens (tertiary/aromatic N) is 1. The van der Waals surface area contributed by atoms with E-state index in [1.54, 1.807) is 18.2 Å². The molecule has 107 valence electrons. The molecule has 0 amide bonds. The van der Waals surface area contributed by atoms with Crippen molar-refractivity contribution >= 4 is 6.08 Å². The van der Waals surface area contributed by atoms with E-state index < -0.39 is 11.7 Å². The molecule has 0 aliphatic carbocycles. The van der Waals surface area contributed by atoms with Crippen molar-refractivity contribution in [2.75, 3.05) is 0 Å². The van der Waals surface area contributed by atoms with Crippen LogP contribution in [0.4, 0.5) is 13.2 Å². The van der Waals surface area contributed by atoms with E-state index in [0.717, 1.165) is 11.8 Å². The summed E-state index contributed by atoms with van der Waals surface area (Å²) in [6, 6.07) is 11.8. The molecule has 1 nitrogen and oxygen atoms in total. The van der Waals surface area contributed by atoms with Gasteiger partial charge in [-0.25, -0.2) is 0 Å². The van der Waals surface area contributed by atoms with Gasteiger partial charge in [-0.15, -0.1) is 0 Å². The molecule has 0 aliphatic heterocycles. The fraction of sp³-hybridized carbons (Fsp3) is 0.118. The zero-order valence-corrected chi connectivity index (χ0v) is 11.1. The Labute approximate surface area is 121 Å². The summed E-state index contributed by atoms with van der Waals surface area (Å²) >= 11 is 0. The first-order valence-corrected chi connectivity index (χ1v) is 6.37. The molecule has 1 radical (unpaired) electrons. The molecule has 1 heterocycles. The number of halogens is 3. The Balaban J connectivity index is 2.01. The predicted octanol–water partition coefficient (Wildman–Crippen LogP) is 4.71. The first kappa shape index (κ1) is 15.0. The summed E-state index contributed by atoms with van der Waals surface area (Å²) in [5, 5.41) is 0. The Hall–Kier alpha value is -2.36. The van der Waals surface area contributed by atoms with Crippen molar-refractivity contribution in [3.63, 3.8) is 0 Å². The van der Waals surface area contributed by atoms with Crippen LogP contribution >= 0.6 is 0 Å². The molecule has 4 heteroatoms. The van der Waals surface area contributed by atoms with Crippen LogP contribution in [0.15, 0.2) is 61.0 Å². The van der Waals surface area contributed by atoms with Crippen molar-refractivity contribution in [1.82, 2.24) is 4.98 Å². The Morgan fingerprint density at radius 3 is 2.57 bits per heavy atom. The fourth-order valence-corrected chi connectivity index (χ4v) is 1.81. The largest absolute Gasteiger partial charge is 0.417 e. The Morgan fingerprint density at radius 2 is 1.86 bits per heavy atom. The average Bonchev–Trinajstić information content (AvgIpc) is 2.47. The second-order valence-corrected chi connectivity index (χ2v) is 4.35. The van der Waals surface area contributed by atoms with E-state index in [4.69, 9.17) is 0 Å². The molecule has 21 heavy (non-hydrogen) atoms. The summed E-state index contributed by atoms with van der Waals surface area (Å²) in [6.45, 7) is 0. The highest BCUT2D eigenvalue weighted by Crippen LogP contribution is 2.31. The number of hydrogen-bond donors (Lipinski definition) is 0. The zero-order chi connectivity index (χ0) is 15.1. The van der Waals surface area contributed by atoms with Crippen LogP contribution in [0.25, 0.3) is 6.08 Å². The molecule has 2 rings (SSSR count). The summed E-state index contributed by atoms with van der Waals surface area (Å²) in [6.07, 6.45) is 5.10. The molecule has 2 aromatic rings. The highest BCUT2D eigenvalue weighted by Gasteiger charge is 2.33. The Kier molecular flexibility index (Phi) is 4.93. The number of alkyl halides is 3. The van der Waals surface area contributed by atoms with Gasteiger partial charge in [-0.05, 0) is 17.5 Å². The van der Waals surface area contributed by atoms with E-state index in [1.807, 2.05) is 36.4 Å². The number of rotatable bonds is 4. The summed E-state index contributed by atoms with van der Waals surface area (Å²) in [7, 11) is 0. The zero-order valence-electron chi connectivity index (χ0n) is 11.1. The monoisotopic (exact) mass is 288 g/mol. The molecule has 0 fully saturated rings. The highest BCUT2D eigenvalue weighted by molar-refractivity contribution is 5.50. The topological polar surface area (TPSA) is 12.9 Å². The molecule has 1 aromatic heterocycles. The SMILES string of the molecule is FC(F)(F)c1[c]cncc1CC=CC=Cc1ccccc1. The smallest absolute Gasteiger partial charge is 0.264 e. The van der Waals surface area contributed by atoms with Crippen LogP contribution in [0.2, 0.25) is 0 Å². The van der Waals surface area contributed by atoms with Crippen molar-refractivity contribution in [2.24, 2.45) is 0 Å². The minimum absolute atomic E-state index is 0.120. The number of pyridine rings is 1. The van der Waals surface area contributed by atoms with Gasteiger partial charge < -0.3 is 0 Å². The summed E-state index contributed by atoms with van der Waals surface area (Å²) in [5.41, 5.74) is 0.399. The van der Waals surface area contributed by atoms with Gasteiger partial charge in [-0.1, -0.05) is 54.6 Å². The molecule has 0 aliphatic rings. The van der Waals surface area contributed by atoms with Crippen molar-refractivity contribution in [3.8, 4) is 0 Å². The number of benzene rings is 1. The fourth-order valence-electron chi connectivity index (χ4n) is 1.81. The van der Waals surface area contributed by atoms with Crippen molar-refractivity contribution in [2.45, 2.75) is 12.6 Å². The van der Waals surface area contributed by atoms with Gasteiger partial charge in [0.05, 0.1) is 5.56 Å². The third-order valence-electron chi connectivity index (χ3n) is 2.79. The maximum absolute atomic E-state index is 12.7. The van der Waals surface area contributed by atoms with Gasteiger partial charge in [0.15, 0.2) is 0 Å². The molecule has 0 saturated carbocycles. The second-order valence-electron chi connectivity index (χ2n) is 4.35.